The summed E-state index contributed by atoms with van der Waals surface area (Å²) in [7, 11) is 0. The lowest BCUT2D eigenvalue weighted by atomic mass is 10.1. The fourth-order valence-electron chi connectivity index (χ4n) is 1.59. The van der Waals surface area contributed by atoms with Gasteiger partial charge in [-0.2, -0.15) is 5.10 Å². The molecule has 6 heteroatoms. The number of nitro groups is 1. The summed E-state index contributed by atoms with van der Waals surface area (Å²) in [4.78, 5) is 14.7. The number of aromatic amines is 1. The molecule has 0 aliphatic heterocycles. The number of H-pyrrole nitrogens is 1. The Balaban J connectivity index is 2.26. The van der Waals surface area contributed by atoms with Crippen molar-refractivity contribution < 1.29 is 4.92 Å². The van der Waals surface area contributed by atoms with E-state index in [4.69, 9.17) is 0 Å². The second kappa shape index (κ2) is 4.73. The molecule has 17 heavy (non-hydrogen) atoms. The largest absolute Gasteiger partial charge is 0.273 e. The van der Waals surface area contributed by atoms with Gasteiger partial charge in [-0.3, -0.25) is 15.2 Å². The molecule has 1 heterocycles. The molecule has 1 aromatic heterocycles. The molecule has 0 bridgehead atoms. The molecule has 0 aliphatic carbocycles. The number of aryl methyl sites for hydroxylation is 1. The Morgan fingerprint density at radius 1 is 1.41 bits per heavy atom. The Morgan fingerprint density at radius 3 is 2.82 bits per heavy atom. The summed E-state index contributed by atoms with van der Waals surface area (Å²) in [5.74, 6) is 1.37. The van der Waals surface area contributed by atoms with Crippen LogP contribution in [0.25, 0.3) is 0 Å². The predicted octanol–water partition coefficient (Wildman–Crippen LogP) is 1.87. The summed E-state index contributed by atoms with van der Waals surface area (Å²) in [6.07, 6.45) is 1.14. The van der Waals surface area contributed by atoms with Crippen LogP contribution >= 0.6 is 0 Å². The van der Waals surface area contributed by atoms with Crippen LogP contribution < -0.4 is 0 Å². The first-order valence-corrected chi connectivity index (χ1v) is 5.33. The summed E-state index contributed by atoms with van der Waals surface area (Å²) in [5.41, 5.74) is 0.748. The van der Waals surface area contributed by atoms with Crippen molar-refractivity contribution in [3.63, 3.8) is 0 Å². The molecule has 0 spiro atoms. The zero-order chi connectivity index (χ0) is 12.3. The number of nitrogens with zero attached hydrogens (tertiary/aromatic N) is 3. The van der Waals surface area contributed by atoms with Crippen molar-refractivity contribution >= 4 is 5.69 Å². The number of hydrogen-bond acceptors (Lipinski definition) is 4. The Bertz CT molecular complexity index is 536. The van der Waals surface area contributed by atoms with Gasteiger partial charge in [0.2, 0.25) is 0 Å². The molecule has 1 aromatic carbocycles. The van der Waals surface area contributed by atoms with E-state index in [1.165, 1.54) is 6.07 Å². The van der Waals surface area contributed by atoms with E-state index in [2.05, 4.69) is 15.2 Å². The van der Waals surface area contributed by atoms with Crippen molar-refractivity contribution in [3.8, 4) is 0 Å². The van der Waals surface area contributed by atoms with Crippen molar-refractivity contribution in [2.45, 2.75) is 19.8 Å². The van der Waals surface area contributed by atoms with E-state index >= 15 is 0 Å². The molecular formula is C11H12N4O2. The molecule has 0 saturated heterocycles. The van der Waals surface area contributed by atoms with E-state index in [-0.39, 0.29) is 10.6 Å². The first-order valence-electron chi connectivity index (χ1n) is 5.33. The maximum atomic E-state index is 10.8. The standard InChI is InChI=1S/C11H12N4O2/c1-2-10-12-11(14-13-10)7-8-5-3-4-6-9(8)15(16)17/h3-6H,2,7H2,1H3,(H,12,13,14). The lowest BCUT2D eigenvalue weighted by Gasteiger charge is -1.99. The van der Waals surface area contributed by atoms with Crippen molar-refractivity contribution in [1.29, 1.82) is 0 Å². The van der Waals surface area contributed by atoms with Crippen LogP contribution in [0.3, 0.4) is 0 Å². The van der Waals surface area contributed by atoms with Gasteiger partial charge < -0.3 is 0 Å². The maximum absolute atomic E-state index is 10.8. The minimum atomic E-state index is -0.383. The van der Waals surface area contributed by atoms with Crippen LogP contribution in [0, 0.1) is 10.1 Å². The Kier molecular flexibility index (Phi) is 3.13. The van der Waals surface area contributed by atoms with E-state index < -0.39 is 0 Å². The molecule has 88 valence electrons. The quantitative estimate of drug-likeness (QED) is 0.644. The van der Waals surface area contributed by atoms with Crippen molar-refractivity contribution in [2.75, 3.05) is 0 Å². The summed E-state index contributed by atoms with van der Waals surface area (Å²) in [6.45, 7) is 1.96. The molecule has 0 fully saturated rings. The fraction of sp³-hybridized carbons (Fsp3) is 0.273. The molecule has 0 aliphatic rings. The number of rotatable bonds is 4. The van der Waals surface area contributed by atoms with Gasteiger partial charge in [-0.1, -0.05) is 25.1 Å². The summed E-state index contributed by atoms with van der Waals surface area (Å²) >= 11 is 0. The van der Waals surface area contributed by atoms with Gasteiger partial charge in [0.15, 0.2) is 0 Å². The normalized spacial score (nSPS) is 10.4. The smallest absolute Gasteiger partial charge is 0.263 e. The van der Waals surface area contributed by atoms with Crippen molar-refractivity contribution in [1.82, 2.24) is 15.2 Å². The van der Waals surface area contributed by atoms with Gasteiger partial charge in [0.05, 0.1) is 4.92 Å². The Labute approximate surface area is 97.9 Å². The molecular weight excluding hydrogens is 220 g/mol. The predicted molar refractivity (Wildman–Crippen MR) is 61.7 cm³/mol. The first kappa shape index (κ1) is 11.3. The minimum Gasteiger partial charge on any atom is -0.263 e. The van der Waals surface area contributed by atoms with Crippen LogP contribution in [-0.2, 0) is 12.8 Å². The van der Waals surface area contributed by atoms with E-state index in [1.54, 1.807) is 18.2 Å². The van der Waals surface area contributed by atoms with Crippen LogP contribution in [0.1, 0.15) is 24.1 Å². The third-order valence-corrected chi connectivity index (χ3v) is 2.44. The molecule has 0 saturated carbocycles. The van der Waals surface area contributed by atoms with Crippen LogP contribution in [0.2, 0.25) is 0 Å². The van der Waals surface area contributed by atoms with Gasteiger partial charge in [-0.25, -0.2) is 4.98 Å². The van der Waals surface area contributed by atoms with Gasteiger partial charge in [0.25, 0.3) is 5.69 Å². The average Bonchev–Trinajstić information content (AvgIpc) is 2.77. The zero-order valence-electron chi connectivity index (χ0n) is 9.38. The van der Waals surface area contributed by atoms with Crippen LogP contribution in [0.15, 0.2) is 24.3 Å². The summed E-state index contributed by atoms with van der Waals surface area (Å²) in [6, 6.07) is 6.65. The Morgan fingerprint density at radius 2 is 2.18 bits per heavy atom. The van der Waals surface area contributed by atoms with Crippen molar-refractivity contribution in [2.24, 2.45) is 0 Å². The number of benzene rings is 1. The average molecular weight is 232 g/mol. The highest BCUT2D eigenvalue weighted by atomic mass is 16.6. The monoisotopic (exact) mass is 232 g/mol. The molecule has 6 nitrogen and oxygen atoms in total. The molecule has 0 radical (unpaired) electrons. The van der Waals surface area contributed by atoms with E-state index in [0.717, 1.165) is 12.2 Å². The van der Waals surface area contributed by atoms with Gasteiger partial charge in [0, 0.05) is 24.5 Å². The van der Waals surface area contributed by atoms with Crippen LogP contribution in [0.5, 0.6) is 0 Å². The third kappa shape index (κ3) is 2.47. The van der Waals surface area contributed by atoms with E-state index in [1.807, 2.05) is 6.92 Å². The molecule has 1 N–H and O–H groups in total. The molecule has 0 amide bonds. The van der Waals surface area contributed by atoms with Gasteiger partial charge in [-0.05, 0) is 0 Å². The van der Waals surface area contributed by atoms with Gasteiger partial charge in [0.1, 0.15) is 11.6 Å². The van der Waals surface area contributed by atoms with Crippen molar-refractivity contribution in [3.05, 3.63) is 51.6 Å². The van der Waals surface area contributed by atoms with Gasteiger partial charge in [-0.15, -0.1) is 0 Å². The lowest BCUT2D eigenvalue weighted by molar-refractivity contribution is -0.385. The van der Waals surface area contributed by atoms with Gasteiger partial charge >= 0.3 is 0 Å². The van der Waals surface area contributed by atoms with Crippen LogP contribution in [-0.4, -0.2) is 20.1 Å². The number of nitro benzene ring substituents is 1. The maximum Gasteiger partial charge on any atom is 0.273 e. The van der Waals surface area contributed by atoms with E-state index in [0.29, 0.717) is 17.8 Å². The summed E-state index contributed by atoms with van der Waals surface area (Å²) < 4.78 is 0. The van der Waals surface area contributed by atoms with E-state index in [9.17, 15) is 10.1 Å². The highest BCUT2D eigenvalue weighted by molar-refractivity contribution is 5.41. The highest BCUT2D eigenvalue weighted by Gasteiger charge is 2.14. The first-order chi connectivity index (χ1) is 8.20. The number of para-hydroxylation sites is 1. The number of hydrogen-bond donors (Lipinski definition) is 1. The SMILES string of the molecule is CCc1n[nH]c(Cc2ccccc2[N+](=O)[O-])n1. The fourth-order valence-corrected chi connectivity index (χ4v) is 1.59. The molecule has 2 rings (SSSR count). The number of aromatic nitrogens is 3. The Hall–Kier alpha value is -2.24. The topological polar surface area (TPSA) is 84.7 Å². The molecule has 0 atom stereocenters. The second-order valence-corrected chi connectivity index (χ2v) is 3.61. The molecule has 0 unspecified atom stereocenters. The molecule has 2 aromatic rings. The third-order valence-electron chi connectivity index (χ3n) is 2.44. The second-order valence-electron chi connectivity index (χ2n) is 3.61. The minimum absolute atomic E-state index is 0.113. The highest BCUT2D eigenvalue weighted by Crippen LogP contribution is 2.19. The summed E-state index contributed by atoms with van der Waals surface area (Å²) in [5, 5.41) is 17.6. The number of nitrogens with one attached hydrogen (secondary N) is 1. The lowest BCUT2D eigenvalue weighted by Crippen LogP contribution is -1.97. The zero-order valence-corrected chi connectivity index (χ0v) is 9.38. The van der Waals surface area contributed by atoms with Crippen LogP contribution in [0.4, 0.5) is 5.69 Å².